The summed E-state index contributed by atoms with van der Waals surface area (Å²) < 4.78 is 0. The molecule has 1 amide bonds. The van der Waals surface area contributed by atoms with Gasteiger partial charge in [-0.1, -0.05) is 24.3 Å². The molecule has 5 rings (SSSR count). The van der Waals surface area contributed by atoms with E-state index < -0.39 is 22.0 Å². The normalized spacial score (nSPS) is 21.3. The van der Waals surface area contributed by atoms with Gasteiger partial charge in [-0.25, -0.2) is 0 Å². The predicted octanol–water partition coefficient (Wildman–Crippen LogP) is 2.86. The molecule has 1 unspecified atom stereocenters. The number of benzene rings is 2. The highest BCUT2D eigenvalue weighted by molar-refractivity contribution is 6.31. The molecule has 1 atom stereocenters. The van der Waals surface area contributed by atoms with Crippen LogP contribution in [0, 0.1) is 10.1 Å². The summed E-state index contributed by atoms with van der Waals surface area (Å²) in [5.74, 6) is -1.35. The molecule has 3 aliphatic rings. The summed E-state index contributed by atoms with van der Waals surface area (Å²) >= 11 is 0. The van der Waals surface area contributed by atoms with Crippen molar-refractivity contribution in [1.82, 2.24) is 5.32 Å². The number of nitrogens with zero attached hydrogens (tertiary/aromatic N) is 1. The molecule has 2 aliphatic heterocycles. The standard InChI is InChI=1S/C22H15N3O5/c1-10-17(11(2)26)22(15-9-12(25(29)30)7-8-16(15)24-21(22)28)18-19(23-10)13-5-3-4-6-14(13)20(18)27/h3-9,23H,1-2H3,(H,24,28). The summed E-state index contributed by atoms with van der Waals surface area (Å²) in [5.41, 5.74) is 0.755. The van der Waals surface area contributed by atoms with E-state index in [0.717, 1.165) is 0 Å². The van der Waals surface area contributed by atoms with Gasteiger partial charge >= 0.3 is 0 Å². The fraction of sp³-hybridized carbons (Fsp3) is 0.136. The quantitative estimate of drug-likeness (QED) is 0.590. The Morgan fingerprint density at radius 3 is 2.43 bits per heavy atom. The molecular formula is C22H15N3O5. The first-order valence-electron chi connectivity index (χ1n) is 9.27. The lowest BCUT2D eigenvalue weighted by atomic mass is 9.65. The number of nitro benzene ring substituents is 1. The van der Waals surface area contributed by atoms with E-state index in [0.29, 0.717) is 28.2 Å². The van der Waals surface area contributed by atoms with E-state index in [1.807, 2.05) is 0 Å². The van der Waals surface area contributed by atoms with Crippen molar-refractivity contribution < 1.29 is 19.3 Å². The number of hydrogen-bond donors (Lipinski definition) is 2. The third-order valence-corrected chi connectivity index (χ3v) is 5.91. The summed E-state index contributed by atoms with van der Waals surface area (Å²) in [6.07, 6.45) is 0. The Labute approximate surface area is 170 Å². The van der Waals surface area contributed by atoms with Crippen LogP contribution in [0.1, 0.15) is 35.3 Å². The summed E-state index contributed by atoms with van der Waals surface area (Å²) in [6, 6.07) is 10.9. The third kappa shape index (κ3) is 1.97. The van der Waals surface area contributed by atoms with E-state index in [-0.39, 0.29) is 28.2 Å². The van der Waals surface area contributed by atoms with Crippen molar-refractivity contribution in [3.8, 4) is 0 Å². The Bertz CT molecular complexity index is 1300. The van der Waals surface area contributed by atoms with Crippen LogP contribution >= 0.6 is 0 Å². The number of fused-ring (bicyclic) bond motifs is 5. The number of rotatable bonds is 2. The monoisotopic (exact) mass is 401 g/mol. The number of carbonyl (C=O) groups excluding carboxylic acids is 3. The first kappa shape index (κ1) is 18.0. The number of nitro groups is 1. The number of allylic oxidation sites excluding steroid dienone is 1. The molecule has 2 heterocycles. The topological polar surface area (TPSA) is 118 Å². The highest BCUT2D eigenvalue weighted by Crippen LogP contribution is 2.56. The largest absolute Gasteiger partial charge is 0.358 e. The molecule has 2 N–H and O–H groups in total. The van der Waals surface area contributed by atoms with Gasteiger partial charge in [0.05, 0.1) is 10.6 Å². The summed E-state index contributed by atoms with van der Waals surface area (Å²) in [5, 5.41) is 17.3. The highest BCUT2D eigenvalue weighted by Gasteiger charge is 2.61. The minimum Gasteiger partial charge on any atom is -0.358 e. The van der Waals surface area contributed by atoms with Crippen molar-refractivity contribution in [2.45, 2.75) is 19.3 Å². The number of non-ortho nitro benzene ring substituents is 1. The number of dihydropyridines is 1. The van der Waals surface area contributed by atoms with Crippen LogP contribution in [-0.2, 0) is 15.0 Å². The maximum absolute atomic E-state index is 13.5. The lowest BCUT2D eigenvalue weighted by Crippen LogP contribution is -2.47. The maximum Gasteiger partial charge on any atom is 0.269 e. The zero-order chi connectivity index (χ0) is 21.4. The lowest BCUT2D eigenvalue weighted by Gasteiger charge is -2.36. The van der Waals surface area contributed by atoms with Gasteiger partial charge < -0.3 is 10.6 Å². The van der Waals surface area contributed by atoms with Crippen molar-refractivity contribution in [3.63, 3.8) is 0 Å². The van der Waals surface area contributed by atoms with Crippen LogP contribution in [0.3, 0.4) is 0 Å². The number of nitrogens with one attached hydrogen (secondary N) is 2. The third-order valence-electron chi connectivity index (χ3n) is 5.91. The zero-order valence-corrected chi connectivity index (χ0v) is 16.0. The number of ketones is 2. The highest BCUT2D eigenvalue weighted by atomic mass is 16.6. The van der Waals surface area contributed by atoms with Gasteiger partial charge in [-0.2, -0.15) is 0 Å². The molecule has 0 saturated heterocycles. The molecule has 8 heteroatoms. The van der Waals surface area contributed by atoms with E-state index in [4.69, 9.17) is 0 Å². The molecule has 0 fully saturated rings. The Hall–Kier alpha value is -4.07. The molecule has 2 aromatic carbocycles. The zero-order valence-electron chi connectivity index (χ0n) is 16.0. The number of Topliss-reactive ketones (excluding diaryl/α,β-unsaturated/α-hetero) is 2. The van der Waals surface area contributed by atoms with Crippen LogP contribution in [0.5, 0.6) is 0 Å². The smallest absolute Gasteiger partial charge is 0.269 e. The van der Waals surface area contributed by atoms with Gasteiger partial charge in [0.15, 0.2) is 11.6 Å². The van der Waals surface area contributed by atoms with Crippen molar-refractivity contribution >= 4 is 34.5 Å². The van der Waals surface area contributed by atoms with Crippen molar-refractivity contribution in [2.75, 3.05) is 5.32 Å². The Morgan fingerprint density at radius 1 is 1.07 bits per heavy atom. The summed E-state index contributed by atoms with van der Waals surface area (Å²) in [4.78, 5) is 50.6. The number of carbonyl (C=O) groups is 3. The molecule has 30 heavy (non-hydrogen) atoms. The van der Waals surface area contributed by atoms with Gasteiger partial charge in [0.2, 0.25) is 5.91 Å². The molecule has 0 aromatic heterocycles. The van der Waals surface area contributed by atoms with Crippen LogP contribution in [-0.4, -0.2) is 22.4 Å². The Kier molecular flexibility index (Phi) is 3.43. The molecule has 148 valence electrons. The van der Waals surface area contributed by atoms with Crippen LogP contribution in [0.25, 0.3) is 5.70 Å². The second kappa shape index (κ2) is 5.73. The fourth-order valence-corrected chi connectivity index (χ4v) is 4.85. The summed E-state index contributed by atoms with van der Waals surface area (Å²) in [7, 11) is 0. The van der Waals surface area contributed by atoms with Gasteiger partial charge in [-0.05, 0) is 19.9 Å². The maximum atomic E-state index is 13.5. The van der Waals surface area contributed by atoms with Crippen molar-refractivity contribution in [1.29, 1.82) is 0 Å². The number of amides is 1. The molecule has 0 radical (unpaired) electrons. The molecule has 8 nitrogen and oxygen atoms in total. The first-order valence-corrected chi connectivity index (χ1v) is 9.27. The van der Waals surface area contributed by atoms with E-state index >= 15 is 0 Å². The second-order valence-electron chi connectivity index (χ2n) is 7.50. The van der Waals surface area contributed by atoms with E-state index in [9.17, 15) is 24.5 Å². The van der Waals surface area contributed by atoms with E-state index in [1.165, 1.54) is 25.1 Å². The van der Waals surface area contributed by atoms with E-state index in [1.54, 1.807) is 31.2 Å². The minimum atomic E-state index is -1.76. The number of anilines is 1. The van der Waals surface area contributed by atoms with Crippen LogP contribution < -0.4 is 10.6 Å². The number of hydrogen-bond acceptors (Lipinski definition) is 6. The first-order chi connectivity index (χ1) is 14.3. The molecule has 0 bridgehead atoms. The molecule has 1 aliphatic carbocycles. The van der Waals surface area contributed by atoms with Gasteiger partial charge in [-0.15, -0.1) is 0 Å². The molecular weight excluding hydrogens is 386 g/mol. The molecule has 2 aromatic rings. The average Bonchev–Trinajstić information content (AvgIpc) is 3.14. The Balaban J connectivity index is 1.92. The van der Waals surface area contributed by atoms with Crippen molar-refractivity contribution in [2.24, 2.45) is 0 Å². The molecule has 0 saturated carbocycles. The SMILES string of the molecule is CC(=O)C1=C(C)NC2=C(C(=O)c3ccccc32)C12C(=O)Nc1ccc([N+](=O)[O-])cc12. The molecule has 1 spiro atoms. The summed E-state index contributed by atoms with van der Waals surface area (Å²) in [6.45, 7) is 2.99. The predicted molar refractivity (Wildman–Crippen MR) is 108 cm³/mol. The van der Waals surface area contributed by atoms with Crippen LogP contribution in [0.2, 0.25) is 0 Å². The van der Waals surface area contributed by atoms with Gasteiger partial charge in [0, 0.05) is 51.4 Å². The minimum absolute atomic E-state index is 0.110. The average molecular weight is 401 g/mol. The fourth-order valence-electron chi connectivity index (χ4n) is 4.85. The van der Waals surface area contributed by atoms with Gasteiger partial charge in [0.25, 0.3) is 5.69 Å². The van der Waals surface area contributed by atoms with Crippen LogP contribution in [0.15, 0.2) is 59.3 Å². The second-order valence-corrected chi connectivity index (χ2v) is 7.50. The van der Waals surface area contributed by atoms with Gasteiger partial charge in [-0.3, -0.25) is 24.5 Å². The van der Waals surface area contributed by atoms with Crippen LogP contribution in [0.4, 0.5) is 11.4 Å². The Morgan fingerprint density at radius 2 is 1.77 bits per heavy atom. The van der Waals surface area contributed by atoms with Gasteiger partial charge in [0.1, 0.15) is 5.41 Å². The lowest BCUT2D eigenvalue weighted by molar-refractivity contribution is -0.384. The van der Waals surface area contributed by atoms with E-state index in [2.05, 4.69) is 10.6 Å². The van der Waals surface area contributed by atoms with Crippen molar-refractivity contribution in [3.05, 3.63) is 86.1 Å².